The standard InChI is InChI=1S/C31H29F2N5O3S/c32-24-12-11-22(17-25(24)33)29-34-26(30(39)35-27(31(40)41)20-42-19-21-7-3-1-4-8-21)18-28(36-29)38-15-13-37(14-16-38)23-9-5-2-6-10-23/h1-12,17-18,27H,13-16,19-20H2,(H,35,39)(H,40,41). The number of carbonyl (C=O) groups is 2. The second-order valence-corrected chi connectivity index (χ2v) is 10.8. The Morgan fingerprint density at radius 1 is 0.857 bits per heavy atom. The minimum atomic E-state index is -1.17. The summed E-state index contributed by atoms with van der Waals surface area (Å²) in [4.78, 5) is 38.5. The molecule has 1 amide bonds. The predicted octanol–water partition coefficient (Wildman–Crippen LogP) is 4.86. The third kappa shape index (κ3) is 7.22. The Morgan fingerprint density at radius 3 is 2.19 bits per heavy atom. The third-order valence-electron chi connectivity index (χ3n) is 6.85. The van der Waals surface area contributed by atoms with E-state index in [4.69, 9.17) is 0 Å². The number of thioether (sulfide) groups is 1. The van der Waals surface area contributed by atoms with E-state index in [2.05, 4.69) is 20.2 Å². The van der Waals surface area contributed by atoms with Crippen molar-refractivity contribution < 1.29 is 23.5 Å². The fraction of sp³-hybridized carbons (Fsp3) is 0.226. The number of nitrogens with zero attached hydrogens (tertiary/aromatic N) is 4. The molecule has 1 aliphatic heterocycles. The van der Waals surface area contributed by atoms with E-state index >= 15 is 0 Å². The number of hydrogen-bond acceptors (Lipinski definition) is 7. The minimum Gasteiger partial charge on any atom is -0.480 e. The number of anilines is 2. The molecule has 2 heterocycles. The Bertz CT molecular complexity index is 1540. The van der Waals surface area contributed by atoms with Crippen LogP contribution in [0.4, 0.5) is 20.3 Å². The van der Waals surface area contributed by atoms with Gasteiger partial charge in [-0.3, -0.25) is 4.79 Å². The summed E-state index contributed by atoms with van der Waals surface area (Å²) in [6.45, 7) is 2.60. The number of nitrogens with one attached hydrogen (secondary N) is 1. The molecule has 1 saturated heterocycles. The number of halogens is 2. The van der Waals surface area contributed by atoms with Gasteiger partial charge >= 0.3 is 5.97 Å². The lowest BCUT2D eigenvalue weighted by molar-refractivity contribution is -0.138. The zero-order valence-electron chi connectivity index (χ0n) is 22.6. The van der Waals surface area contributed by atoms with Crippen molar-refractivity contribution in [3.63, 3.8) is 0 Å². The Morgan fingerprint density at radius 2 is 1.52 bits per heavy atom. The number of amides is 1. The topological polar surface area (TPSA) is 98.7 Å². The number of carboxylic acid groups (broad SMARTS) is 1. The number of aliphatic carboxylic acids is 1. The van der Waals surface area contributed by atoms with Gasteiger partial charge in [0.15, 0.2) is 17.5 Å². The molecule has 42 heavy (non-hydrogen) atoms. The van der Waals surface area contributed by atoms with Gasteiger partial charge in [-0.05, 0) is 35.9 Å². The van der Waals surface area contributed by atoms with Gasteiger partial charge in [-0.25, -0.2) is 23.5 Å². The van der Waals surface area contributed by atoms with Crippen molar-refractivity contribution in [2.24, 2.45) is 0 Å². The van der Waals surface area contributed by atoms with Gasteiger partial charge in [-0.15, -0.1) is 0 Å². The number of para-hydroxylation sites is 1. The number of carboxylic acids is 1. The Kier molecular flexibility index (Phi) is 9.28. The average Bonchev–Trinajstić information content (AvgIpc) is 3.02. The van der Waals surface area contributed by atoms with Crippen molar-refractivity contribution in [2.45, 2.75) is 11.8 Å². The lowest BCUT2D eigenvalue weighted by Gasteiger charge is -2.36. The quantitative estimate of drug-likeness (QED) is 0.271. The number of piperazine rings is 1. The highest BCUT2D eigenvalue weighted by Crippen LogP contribution is 2.25. The molecule has 0 spiro atoms. The molecule has 1 fully saturated rings. The number of carbonyl (C=O) groups excluding carboxylic acids is 1. The van der Waals surface area contributed by atoms with Gasteiger partial charge < -0.3 is 20.2 Å². The van der Waals surface area contributed by atoms with Gasteiger partial charge in [0.1, 0.15) is 17.6 Å². The molecule has 4 aromatic rings. The molecule has 1 aromatic heterocycles. The molecule has 8 nitrogen and oxygen atoms in total. The maximum absolute atomic E-state index is 14.1. The highest BCUT2D eigenvalue weighted by Gasteiger charge is 2.25. The van der Waals surface area contributed by atoms with Crippen LogP contribution < -0.4 is 15.1 Å². The molecule has 216 valence electrons. The molecular formula is C31H29F2N5O3S. The van der Waals surface area contributed by atoms with E-state index in [-0.39, 0.29) is 22.8 Å². The van der Waals surface area contributed by atoms with Gasteiger partial charge in [-0.2, -0.15) is 11.8 Å². The summed E-state index contributed by atoms with van der Waals surface area (Å²) in [6, 6.07) is 23.3. The number of aromatic nitrogens is 2. The number of rotatable bonds is 10. The average molecular weight is 590 g/mol. The zero-order chi connectivity index (χ0) is 29.5. The lowest BCUT2D eigenvalue weighted by Crippen LogP contribution is -2.47. The molecular weight excluding hydrogens is 560 g/mol. The van der Waals surface area contributed by atoms with E-state index in [1.54, 1.807) is 0 Å². The van der Waals surface area contributed by atoms with Gasteiger partial charge in [0, 0.05) is 55.0 Å². The van der Waals surface area contributed by atoms with Crippen LogP contribution in [-0.2, 0) is 10.5 Å². The summed E-state index contributed by atoms with van der Waals surface area (Å²) in [5.41, 5.74) is 2.28. The van der Waals surface area contributed by atoms with Crippen LogP contribution in [0.1, 0.15) is 16.1 Å². The van der Waals surface area contributed by atoms with Gasteiger partial charge in [0.2, 0.25) is 0 Å². The van der Waals surface area contributed by atoms with Crippen LogP contribution in [-0.4, -0.2) is 64.9 Å². The van der Waals surface area contributed by atoms with Crippen LogP contribution in [0.3, 0.4) is 0 Å². The van der Waals surface area contributed by atoms with Crippen molar-refractivity contribution in [3.8, 4) is 11.4 Å². The van der Waals surface area contributed by atoms with E-state index < -0.39 is 29.6 Å². The predicted molar refractivity (Wildman–Crippen MR) is 160 cm³/mol. The summed E-state index contributed by atoms with van der Waals surface area (Å²) in [5.74, 6) is -2.74. The summed E-state index contributed by atoms with van der Waals surface area (Å²) >= 11 is 1.39. The van der Waals surface area contributed by atoms with Crippen LogP contribution in [0.5, 0.6) is 0 Å². The summed E-state index contributed by atoms with van der Waals surface area (Å²) in [6.07, 6.45) is 0. The highest BCUT2D eigenvalue weighted by molar-refractivity contribution is 7.98. The van der Waals surface area contributed by atoms with Crippen molar-refractivity contribution in [2.75, 3.05) is 41.7 Å². The summed E-state index contributed by atoms with van der Waals surface area (Å²) in [7, 11) is 0. The van der Waals surface area contributed by atoms with Gasteiger partial charge in [-0.1, -0.05) is 48.5 Å². The molecule has 2 N–H and O–H groups in total. The zero-order valence-corrected chi connectivity index (χ0v) is 23.4. The van der Waals surface area contributed by atoms with Crippen LogP contribution in [0.25, 0.3) is 11.4 Å². The molecule has 5 rings (SSSR count). The van der Waals surface area contributed by atoms with Crippen LogP contribution in [0.15, 0.2) is 84.9 Å². The molecule has 0 bridgehead atoms. The molecule has 1 aliphatic rings. The second-order valence-electron chi connectivity index (χ2n) is 9.74. The second kappa shape index (κ2) is 13.4. The number of hydrogen-bond donors (Lipinski definition) is 2. The molecule has 11 heteroatoms. The Hall–Kier alpha value is -4.51. The largest absolute Gasteiger partial charge is 0.480 e. The van der Waals surface area contributed by atoms with Gasteiger partial charge in [0.05, 0.1) is 0 Å². The first-order valence-corrected chi connectivity index (χ1v) is 14.6. The lowest BCUT2D eigenvalue weighted by atomic mass is 10.2. The fourth-order valence-electron chi connectivity index (χ4n) is 4.59. The van der Waals surface area contributed by atoms with E-state index in [9.17, 15) is 23.5 Å². The first-order valence-electron chi connectivity index (χ1n) is 13.4. The van der Waals surface area contributed by atoms with E-state index in [0.29, 0.717) is 37.7 Å². The molecule has 1 unspecified atom stereocenters. The highest BCUT2D eigenvalue weighted by atomic mass is 32.2. The van der Waals surface area contributed by atoms with Crippen LogP contribution in [0, 0.1) is 11.6 Å². The van der Waals surface area contributed by atoms with Crippen molar-refractivity contribution >= 4 is 35.1 Å². The maximum Gasteiger partial charge on any atom is 0.327 e. The third-order valence-corrected chi connectivity index (χ3v) is 7.95. The van der Waals surface area contributed by atoms with Crippen molar-refractivity contribution in [3.05, 3.63) is 108 Å². The molecule has 3 aromatic carbocycles. The Balaban J connectivity index is 1.36. The molecule has 0 saturated carbocycles. The van der Waals surface area contributed by atoms with E-state index in [1.165, 1.54) is 23.9 Å². The summed E-state index contributed by atoms with van der Waals surface area (Å²) < 4.78 is 27.7. The normalized spacial score (nSPS) is 14.0. The maximum atomic E-state index is 14.1. The fourth-order valence-corrected chi connectivity index (χ4v) is 5.59. The number of benzene rings is 3. The van der Waals surface area contributed by atoms with E-state index in [0.717, 1.165) is 23.4 Å². The smallest absolute Gasteiger partial charge is 0.327 e. The van der Waals surface area contributed by atoms with Gasteiger partial charge in [0.25, 0.3) is 5.91 Å². The Labute approximate surface area is 246 Å². The van der Waals surface area contributed by atoms with Crippen LogP contribution in [0.2, 0.25) is 0 Å². The monoisotopic (exact) mass is 589 g/mol. The molecule has 1 atom stereocenters. The minimum absolute atomic E-state index is 0.0346. The van der Waals surface area contributed by atoms with Crippen molar-refractivity contribution in [1.82, 2.24) is 15.3 Å². The molecule has 0 aliphatic carbocycles. The summed E-state index contributed by atoms with van der Waals surface area (Å²) in [5, 5.41) is 12.3. The van der Waals surface area contributed by atoms with Crippen LogP contribution >= 0.6 is 11.8 Å². The first-order chi connectivity index (χ1) is 20.4. The SMILES string of the molecule is O=C(NC(CSCc1ccccc1)C(=O)O)c1cc(N2CCN(c3ccccc3)CC2)nc(-c2ccc(F)c(F)c2)n1. The molecule has 0 radical (unpaired) electrons. The van der Waals surface area contributed by atoms with Crippen molar-refractivity contribution in [1.29, 1.82) is 0 Å². The van der Waals surface area contributed by atoms with E-state index in [1.807, 2.05) is 65.6 Å². The first kappa shape index (κ1) is 29.0.